The molecule has 6 atom stereocenters. The first-order valence-corrected chi connectivity index (χ1v) is 16.3. The van der Waals surface area contributed by atoms with Crippen LogP contribution in [0.3, 0.4) is 0 Å². The van der Waals surface area contributed by atoms with Crippen molar-refractivity contribution in [3.63, 3.8) is 0 Å². The Labute approximate surface area is 276 Å². The zero-order valence-electron chi connectivity index (χ0n) is 27.8. The molecule has 1 heterocycles. The molecule has 0 aromatic rings. The van der Waals surface area contributed by atoms with Gasteiger partial charge in [-0.1, -0.05) is 60.8 Å². The molecule has 2 saturated carbocycles. The van der Waals surface area contributed by atoms with Crippen LogP contribution in [0.4, 0.5) is 4.79 Å². The quantitative estimate of drug-likeness (QED) is 0.176. The largest absolute Gasteiger partial charge is 0.363 e. The molecule has 14 heteroatoms. The number of halogens is 2. The molecular formula is C31H50Cl2N6O6. The maximum absolute atomic E-state index is 14.2. The third kappa shape index (κ3) is 8.61. The van der Waals surface area contributed by atoms with Crippen LogP contribution in [-0.4, -0.2) is 80.9 Å². The standard InChI is InChI=1S/C31H50Cl2N6O6/c1-28(2,3)21(25(43)38-30(7,8)9)36-27(45)37-22(29(4,5)6)26(44)39-14-16-18(31(16,32)33)19(39)24(42)35-17(20(40)23(34)41)13-15-11-10-12-15/h15-19,21-22H,10-14H2,1-9H3,(H2,34,41)(H,35,42)(H,38,43)(H2,36,37,45)/t16-,17?,18-,19-,21+,22+/m0/s1. The van der Waals surface area contributed by atoms with Gasteiger partial charge in [0.1, 0.15) is 22.5 Å². The Morgan fingerprint density at radius 3 is 1.84 bits per heavy atom. The van der Waals surface area contributed by atoms with Gasteiger partial charge in [-0.2, -0.15) is 0 Å². The van der Waals surface area contributed by atoms with Gasteiger partial charge in [0.2, 0.25) is 23.5 Å². The van der Waals surface area contributed by atoms with E-state index in [9.17, 15) is 28.8 Å². The van der Waals surface area contributed by atoms with Crippen LogP contribution < -0.4 is 27.0 Å². The lowest BCUT2D eigenvalue weighted by Gasteiger charge is -2.38. The van der Waals surface area contributed by atoms with E-state index in [1.165, 1.54) is 4.90 Å². The number of primary amides is 1. The van der Waals surface area contributed by atoms with Crippen LogP contribution in [-0.2, 0) is 24.0 Å². The Hall–Kier alpha value is -2.60. The molecule has 0 aromatic carbocycles. The number of carbonyl (C=O) groups excluding carboxylic acids is 6. The van der Waals surface area contributed by atoms with Crippen molar-refractivity contribution in [1.82, 2.24) is 26.2 Å². The lowest BCUT2D eigenvalue weighted by Crippen LogP contribution is -2.64. The van der Waals surface area contributed by atoms with Crippen LogP contribution in [0.2, 0.25) is 0 Å². The van der Waals surface area contributed by atoms with Gasteiger partial charge in [0.15, 0.2) is 0 Å². The molecular weight excluding hydrogens is 623 g/mol. The van der Waals surface area contributed by atoms with Gasteiger partial charge in [0.25, 0.3) is 5.91 Å². The molecule has 0 bridgehead atoms. The number of hydrogen-bond acceptors (Lipinski definition) is 6. The lowest BCUT2D eigenvalue weighted by atomic mass is 9.80. The molecule has 6 N–H and O–H groups in total. The van der Waals surface area contributed by atoms with Crippen LogP contribution in [0.5, 0.6) is 0 Å². The summed E-state index contributed by atoms with van der Waals surface area (Å²) in [5.74, 6) is -4.49. The van der Waals surface area contributed by atoms with Gasteiger partial charge in [-0.05, 0) is 43.9 Å². The number of nitrogens with zero attached hydrogens (tertiary/aromatic N) is 1. The van der Waals surface area contributed by atoms with Gasteiger partial charge in [0.05, 0.1) is 6.04 Å². The SMILES string of the molecule is CC(C)(C)NC(=O)[C@@H](NC(=O)N[C@H](C(=O)N1C[C@H]2[C@@H]([C@H]1C(=O)NC(CC1CCC1)C(=O)C(N)=O)C2(Cl)Cl)C(C)(C)C)C(C)(C)C. The van der Waals surface area contributed by atoms with E-state index < -0.39 is 86.2 Å². The first-order valence-electron chi connectivity index (χ1n) is 15.6. The van der Waals surface area contributed by atoms with Gasteiger partial charge >= 0.3 is 6.03 Å². The summed E-state index contributed by atoms with van der Waals surface area (Å²) in [5.41, 5.74) is 3.27. The predicted molar refractivity (Wildman–Crippen MR) is 171 cm³/mol. The van der Waals surface area contributed by atoms with Crippen molar-refractivity contribution in [3.05, 3.63) is 0 Å². The topological polar surface area (TPSA) is 180 Å². The molecule has 1 saturated heterocycles. The highest BCUT2D eigenvalue weighted by molar-refractivity contribution is 6.51. The summed E-state index contributed by atoms with van der Waals surface area (Å²) < 4.78 is -1.25. The van der Waals surface area contributed by atoms with E-state index in [1.54, 1.807) is 20.8 Å². The summed E-state index contributed by atoms with van der Waals surface area (Å²) in [7, 11) is 0. The maximum atomic E-state index is 14.2. The molecule has 1 aliphatic heterocycles. The number of ketones is 1. The second-order valence-electron chi connectivity index (χ2n) is 16.0. The number of hydrogen-bond donors (Lipinski definition) is 5. The Kier molecular flexibility index (Phi) is 10.6. The fraction of sp³-hybridized carbons (Fsp3) is 0.806. The number of urea groups is 1. The monoisotopic (exact) mass is 672 g/mol. The smallest absolute Gasteiger partial charge is 0.316 e. The van der Waals surface area contributed by atoms with E-state index >= 15 is 0 Å². The van der Waals surface area contributed by atoms with E-state index in [1.807, 2.05) is 41.5 Å². The van der Waals surface area contributed by atoms with Crippen LogP contribution in [0, 0.1) is 28.6 Å². The Morgan fingerprint density at radius 2 is 1.40 bits per heavy atom. The summed E-state index contributed by atoms with van der Waals surface area (Å²) in [4.78, 5) is 80.2. The second kappa shape index (κ2) is 12.9. The van der Waals surface area contributed by atoms with E-state index in [2.05, 4.69) is 21.3 Å². The second-order valence-corrected chi connectivity index (χ2v) is 17.5. The molecule has 0 spiro atoms. The van der Waals surface area contributed by atoms with Crippen molar-refractivity contribution < 1.29 is 28.8 Å². The van der Waals surface area contributed by atoms with E-state index in [4.69, 9.17) is 28.9 Å². The maximum Gasteiger partial charge on any atom is 0.316 e. The average molecular weight is 674 g/mol. The first-order chi connectivity index (χ1) is 20.4. The van der Waals surface area contributed by atoms with Gasteiger partial charge in [-0.25, -0.2) is 4.79 Å². The van der Waals surface area contributed by atoms with Crippen molar-refractivity contribution in [1.29, 1.82) is 0 Å². The number of amides is 6. The highest BCUT2D eigenvalue weighted by atomic mass is 35.5. The van der Waals surface area contributed by atoms with Gasteiger partial charge in [-0.15, -0.1) is 23.2 Å². The van der Waals surface area contributed by atoms with E-state index in [-0.39, 0.29) is 24.8 Å². The minimum Gasteiger partial charge on any atom is -0.363 e. The Bertz CT molecular complexity index is 1220. The zero-order chi connectivity index (χ0) is 34.4. The Balaban J connectivity index is 1.84. The third-order valence-electron chi connectivity index (χ3n) is 8.84. The molecule has 0 radical (unpaired) electrons. The highest BCUT2D eigenvalue weighted by Gasteiger charge is 2.74. The van der Waals surface area contributed by atoms with Gasteiger partial charge in [-0.3, -0.25) is 24.0 Å². The number of nitrogens with one attached hydrogen (secondary N) is 4. The van der Waals surface area contributed by atoms with Crippen molar-refractivity contribution in [3.8, 4) is 0 Å². The predicted octanol–water partition coefficient (Wildman–Crippen LogP) is 2.39. The van der Waals surface area contributed by atoms with Crippen molar-refractivity contribution in [2.75, 3.05) is 6.54 Å². The van der Waals surface area contributed by atoms with E-state index in [0.717, 1.165) is 19.3 Å². The van der Waals surface area contributed by atoms with Gasteiger partial charge < -0.3 is 31.9 Å². The van der Waals surface area contributed by atoms with E-state index in [0.29, 0.717) is 0 Å². The van der Waals surface area contributed by atoms with Crippen LogP contribution in [0.25, 0.3) is 0 Å². The fourth-order valence-corrected chi connectivity index (χ4v) is 6.92. The molecule has 1 unspecified atom stereocenters. The number of alkyl halides is 2. The summed E-state index contributed by atoms with van der Waals surface area (Å²) >= 11 is 13.0. The molecule has 3 aliphatic rings. The van der Waals surface area contributed by atoms with Gasteiger partial charge in [0, 0.05) is 23.9 Å². The molecule has 2 aliphatic carbocycles. The molecule has 254 valence electrons. The molecule has 3 rings (SSSR count). The number of rotatable bonds is 10. The summed E-state index contributed by atoms with van der Waals surface area (Å²) in [6.07, 6.45) is 3.01. The van der Waals surface area contributed by atoms with Crippen molar-refractivity contribution >= 4 is 58.6 Å². The first kappa shape index (κ1) is 36.9. The number of nitrogens with two attached hydrogens (primary N) is 1. The zero-order valence-corrected chi connectivity index (χ0v) is 29.3. The van der Waals surface area contributed by atoms with Crippen molar-refractivity contribution in [2.24, 2.45) is 34.3 Å². The molecule has 6 amide bonds. The Morgan fingerprint density at radius 1 is 0.867 bits per heavy atom. The minimum atomic E-state index is -1.25. The highest BCUT2D eigenvalue weighted by Crippen LogP contribution is 2.65. The fourth-order valence-electron chi connectivity index (χ4n) is 6.09. The van der Waals surface area contributed by atoms with Crippen LogP contribution in [0.1, 0.15) is 88.0 Å². The molecule has 3 fully saturated rings. The summed E-state index contributed by atoms with van der Waals surface area (Å²) in [5, 5.41) is 11.0. The third-order valence-corrected chi connectivity index (χ3v) is 9.91. The summed E-state index contributed by atoms with van der Waals surface area (Å²) in [6, 6.07) is -5.04. The van der Waals surface area contributed by atoms with Crippen molar-refractivity contribution in [2.45, 2.75) is 122 Å². The average Bonchev–Trinajstić information content (AvgIpc) is 3.17. The lowest BCUT2D eigenvalue weighted by molar-refractivity contribution is -0.144. The number of fused-ring (bicyclic) bond motifs is 1. The number of piperidine rings is 1. The molecule has 0 aromatic heterocycles. The minimum absolute atomic E-state index is 0.0557. The van der Waals surface area contributed by atoms with Crippen LogP contribution >= 0.6 is 23.2 Å². The van der Waals surface area contributed by atoms with Crippen LogP contribution in [0.15, 0.2) is 0 Å². The normalized spacial score (nSPS) is 24.7. The number of likely N-dealkylation sites (tertiary alicyclic amines) is 1. The summed E-state index contributed by atoms with van der Waals surface area (Å²) in [6.45, 7) is 16.3. The molecule has 45 heavy (non-hydrogen) atoms. The number of carbonyl (C=O) groups is 6. The molecule has 12 nitrogen and oxygen atoms in total. The number of Topliss-reactive ketones (excluding diaryl/α,β-unsaturated/α-hetero) is 1.